The summed E-state index contributed by atoms with van der Waals surface area (Å²) in [4.78, 5) is 34.2. The number of hydrogen-bond acceptors (Lipinski definition) is 3. The normalized spacial score (nSPS) is 19.3. The number of aromatic nitrogens is 1. The Morgan fingerprint density at radius 1 is 0.939 bits per heavy atom. The maximum absolute atomic E-state index is 13.1. The van der Waals surface area contributed by atoms with Gasteiger partial charge in [0, 0.05) is 37.9 Å². The number of hydrogen-bond donors (Lipinski definition) is 0. The van der Waals surface area contributed by atoms with Crippen molar-refractivity contribution < 1.29 is 9.59 Å². The van der Waals surface area contributed by atoms with Gasteiger partial charge in [-0.1, -0.05) is 43.5 Å². The highest BCUT2D eigenvalue weighted by Crippen LogP contribution is 2.33. The molecule has 5 nitrogen and oxygen atoms in total. The van der Waals surface area contributed by atoms with Crippen molar-refractivity contribution in [2.75, 3.05) is 26.2 Å². The summed E-state index contributed by atoms with van der Waals surface area (Å²) in [6, 6.07) is 12.6. The number of nitrogens with zero attached hydrogens (tertiary/aromatic N) is 3. The van der Waals surface area contributed by atoms with Crippen molar-refractivity contribution in [3.05, 3.63) is 53.7 Å². The van der Waals surface area contributed by atoms with E-state index in [0.717, 1.165) is 24.1 Å². The third-order valence-electron chi connectivity index (χ3n) is 7.43. The van der Waals surface area contributed by atoms with Crippen molar-refractivity contribution >= 4 is 11.8 Å². The van der Waals surface area contributed by atoms with E-state index < -0.39 is 0 Å². The summed E-state index contributed by atoms with van der Waals surface area (Å²) in [6.07, 6.45) is 10.0. The van der Waals surface area contributed by atoms with Gasteiger partial charge < -0.3 is 9.80 Å². The Labute approximate surface area is 198 Å². The van der Waals surface area contributed by atoms with Gasteiger partial charge in [-0.15, -0.1) is 0 Å². The summed E-state index contributed by atoms with van der Waals surface area (Å²) in [7, 11) is 0. The second-order valence-corrected chi connectivity index (χ2v) is 9.49. The fraction of sp³-hybridized carbons (Fsp3) is 0.536. The molecule has 2 fully saturated rings. The fourth-order valence-corrected chi connectivity index (χ4v) is 5.39. The molecule has 1 aromatic heterocycles. The topological polar surface area (TPSA) is 53.5 Å². The second-order valence-electron chi connectivity index (χ2n) is 9.49. The van der Waals surface area contributed by atoms with E-state index in [-0.39, 0.29) is 17.7 Å². The van der Waals surface area contributed by atoms with Gasteiger partial charge in [-0.25, -0.2) is 0 Å². The molecule has 2 aromatic rings. The smallest absolute Gasteiger partial charge is 0.255 e. The van der Waals surface area contributed by atoms with Gasteiger partial charge in [0.15, 0.2) is 0 Å². The van der Waals surface area contributed by atoms with Crippen LogP contribution in [-0.4, -0.2) is 52.8 Å². The maximum Gasteiger partial charge on any atom is 0.255 e. The van der Waals surface area contributed by atoms with Crippen molar-refractivity contribution in [3.8, 4) is 11.3 Å². The molecule has 1 atom stereocenters. The summed E-state index contributed by atoms with van der Waals surface area (Å²) in [5.41, 5.74) is 3.99. The van der Waals surface area contributed by atoms with Gasteiger partial charge in [0.1, 0.15) is 0 Å². The van der Waals surface area contributed by atoms with Crippen LogP contribution in [-0.2, 0) is 4.79 Å². The zero-order chi connectivity index (χ0) is 23.2. The molecule has 0 radical (unpaired) electrons. The van der Waals surface area contributed by atoms with Crippen LogP contribution in [0.1, 0.15) is 80.6 Å². The minimum atomic E-state index is -0.0995. The molecule has 1 saturated heterocycles. The van der Waals surface area contributed by atoms with Crippen LogP contribution in [0.2, 0.25) is 0 Å². The first-order chi connectivity index (χ1) is 16.1. The molecule has 2 heterocycles. The van der Waals surface area contributed by atoms with Gasteiger partial charge in [-0.05, 0) is 63.1 Å². The minimum absolute atomic E-state index is 0.0289. The molecule has 4 rings (SSSR count). The van der Waals surface area contributed by atoms with Crippen molar-refractivity contribution in [2.45, 2.75) is 64.7 Å². The first-order valence-corrected chi connectivity index (χ1v) is 12.7. The minimum Gasteiger partial charge on any atom is -0.343 e. The van der Waals surface area contributed by atoms with Crippen molar-refractivity contribution in [3.63, 3.8) is 0 Å². The van der Waals surface area contributed by atoms with Crippen LogP contribution in [0.5, 0.6) is 0 Å². The van der Waals surface area contributed by atoms with Gasteiger partial charge in [0.25, 0.3) is 5.91 Å². The summed E-state index contributed by atoms with van der Waals surface area (Å²) in [6.45, 7) is 6.64. The molecule has 33 heavy (non-hydrogen) atoms. The molecule has 1 aliphatic heterocycles. The van der Waals surface area contributed by atoms with E-state index in [9.17, 15) is 9.59 Å². The lowest BCUT2D eigenvalue weighted by Crippen LogP contribution is -2.46. The monoisotopic (exact) mass is 447 g/mol. The fourth-order valence-electron chi connectivity index (χ4n) is 5.39. The average Bonchev–Trinajstić information content (AvgIpc) is 2.89. The molecule has 2 aliphatic rings. The van der Waals surface area contributed by atoms with Crippen molar-refractivity contribution in [2.24, 2.45) is 5.92 Å². The average molecular weight is 448 g/mol. The Bertz CT molecular complexity index is 929. The van der Waals surface area contributed by atoms with Crippen LogP contribution in [0.3, 0.4) is 0 Å². The molecule has 2 amide bonds. The largest absolute Gasteiger partial charge is 0.343 e. The third kappa shape index (κ3) is 5.45. The molecule has 0 spiro atoms. The van der Waals surface area contributed by atoms with Gasteiger partial charge in [0.05, 0.1) is 17.2 Å². The van der Waals surface area contributed by atoms with Crippen LogP contribution in [0.4, 0.5) is 0 Å². The highest BCUT2D eigenvalue weighted by molar-refractivity contribution is 5.94. The Kier molecular flexibility index (Phi) is 7.79. The number of carbonyl (C=O) groups excluding carboxylic acids is 2. The maximum atomic E-state index is 13.1. The molecule has 5 heteroatoms. The van der Waals surface area contributed by atoms with E-state index in [4.69, 9.17) is 0 Å². The lowest BCUT2D eigenvalue weighted by Gasteiger charge is -2.34. The van der Waals surface area contributed by atoms with Gasteiger partial charge >= 0.3 is 0 Å². The van der Waals surface area contributed by atoms with E-state index in [0.29, 0.717) is 37.7 Å². The first kappa shape index (κ1) is 23.5. The first-order valence-electron chi connectivity index (χ1n) is 12.7. The molecular weight excluding hydrogens is 410 g/mol. The van der Waals surface area contributed by atoms with Gasteiger partial charge in [-0.3, -0.25) is 14.6 Å². The molecular formula is C28H37N3O2. The Balaban J connectivity index is 1.40. The highest BCUT2D eigenvalue weighted by Gasteiger charge is 2.31. The Hall–Kier alpha value is -2.69. The SMILES string of the molecule is CCN(CC)C(=O)[C@H]1CCCN(C(=O)c2ccc(-c3ccc(C4CCCCC4)cc3)nc2)C1. The van der Waals surface area contributed by atoms with Crippen LogP contribution >= 0.6 is 0 Å². The van der Waals surface area contributed by atoms with Crippen molar-refractivity contribution in [1.29, 1.82) is 0 Å². The van der Waals surface area contributed by atoms with E-state index in [1.807, 2.05) is 35.8 Å². The lowest BCUT2D eigenvalue weighted by molar-refractivity contribution is -0.136. The summed E-state index contributed by atoms with van der Waals surface area (Å²) in [5, 5.41) is 0. The van der Waals surface area contributed by atoms with Crippen LogP contribution < -0.4 is 0 Å². The van der Waals surface area contributed by atoms with E-state index in [2.05, 4.69) is 29.2 Å². The highest BCUT2D eigenvalue weighted by atomic mass is 16.2. The van der Waals surface area contributed by atoms with Crippen molar-refractivity contribution in [1.82, 2.24) is 14.8 Å². The summed E-state index contributed by atoms with van der Waals surface area (Å²) >= 11 is 0. The van der Waals surface area contributed by atoms with E-state index >= 15 is 0 Å². The molecule has 0 N–H and O–H groups in total. The molecule has 1 aliphatic carbocycles. The molecule has 0 bridgehead atoms. The Morgan fingerprint density at radius 2 is 1.67 bits per heavy atom. The molecule has 1 saturated carbocycles. The second kappa shape index (κ2) is 11.0. The number of likely N-dealkylation sites (tertiary alicyclic amines) is 1. The van der Waals surface area contributed by atoms with Gasteiger partial charge in [0.2, 0.25) is 5.91 Å². The Morgan fingerprint density at radius 3 is 2.30 bits per heavy atom. The lowest BCUT2D eigenvalue weighted by atomic mass is 9.84. The molecule has 0 unspecified atom stereocenters. The van der Waals surface area contributed by atoms with E-state index in [1.165, 1.54) is 37.7 Å². The zero-order valence-corrected chi connectivity index (χ0v) is 20.1. The summed E-state index contributed by atoms with van der Waals surface area (Å²) in [5.74, 6) is 0.738. The van der Waals surface area contributed by atoms with Crippen LogP contribution in [0.25, 0.3) is 11.3 Å². The number of carbonyl (C=O) groups is 2. The standard InChI is InChI=1S/C28H37N3O2/c1-3-30(4-2)28(33)25-11-8-18-31(20-25)27(32)24-16-17-26(29-19-24)23-14-12-22(13-15-23)21-9-6-5-7-10-21/h12-17,19,21,25H,3-11,18,20H2,1-2H3/t25-/m0/s1. The van der Waals surface area contributed by atoms with E-state index in [1.54, 1.807) is 6.20 Å². The number of amides is 2. The number of piperidine rings is 1. The molecule has 1 aromatic carbocycles. The molecule has 176 valence electrons. The predicted octanol–water partition coefficient (Wildman–Crippen LogP) is 5.52. The van der Waals surface area contributed by atoms with Gasteiger partial charge in [-0.2, -0.15) is 0 Å². The van der Waals surface area contributed by atoms with Crippen LogP contribution in [0, 0.1) is 5.92 Å². The quantitative estimate of drug-likeness (QED) is 0.586. The third-order valence-corrected chi connectivity index (χ3v) is 7.43. The number of benzene rings is 1. The van der Waals surface area contributed by atoms with Crippen LogP contribution in [0.15, 0.2) is 42.6 Å². The predicted molar refractivity (Wildman–Crippen MR) is 132 cm³/mol. The summed E-state index contributed by atoms with van der Waals surface area (Å²) < 4.78 is 0. The zero-order valence-electron chi connectivity index (χ0n) is 20.1. The number of rotatable bonds is 6. The number of pyridine rings is 1.